The third-order valence-electron chi connectivity index (χ3n) is 3.42. The molecule has 2 heteroatoms. The highest BCUT2D eigenvalue weighted by molar-refractivity contribution is 5.02. The predicted molar refractivity (Wildman–Crippen MR) is 49.1 cm³/mol. The average molecular weight is 172 g/mol. The number of hydrogen-bond donors (Lipinski definition) is 1. The zero-order valence-electron chi connectivity index (χ0n) is 8.55. The van der Waals surface area contributed by atoms with E-state index >= 15 is 0 Å². The Labute approximate surface area is 74.9 Å². The van der Waals surface area contributed by atoms with Crippen molar-refractivity contribution >= 4 is 0 Å². The van der Waals surface area contributed by atoms with E-state index in [1.165, 1.54) is 0 Å². The molecule has 0 aliphatic carbocycles. The van der Waals surface area contributed by atoms with E-state index in [1.807, 2.05) is 13.8 Å². The largest absolute Gasteiger partial charge is 0.387 e. The fourth-order valence-electron chi connectivity index (χ4n) is 2.07. The molecule has 2 nitrogen and oxygen atoms in total. The lowest BCUT2D eigenvalue weighted by molar-refractivity contribution is -0.126. The van der Waals surface area contributed by atoms with Gasteiger partial charge in [-0.25, -0.2) is 0 Å². The molecule has 1 aliphatic heterocycles. The molecule has 1 saturated heterocycles. The number of aliphatic hydroxyl groups is 1. The normalized spacial score (nSPS) is 36.8. The van der Waals surface area contributed by atoms with Gasteiger partial charge in [-0.3, -0.25) is 0 Å². The smallest absolute Gasteiger partial charge is 0.0977 e. The van der Waals surface area contributed by atoms with Crippen molar-refractivity contribution in [3.63, 3.8) is 0 Å². The molecule has 0 radical (unpaired) electrons. The summed E-state index contributed by atoms with van der Waals surface area (Å²) in [5, 5.41) is 10.4. The highest BCUT2D eigenvalue weighted by Crippen LogP contribution is 2.41. The summed E-state index contributed by atoms with van der Waals surface area (Å²) in [5.41, 5.74) is -0.996. The van der Waals surface area contributed by atoms with Crippen molar-refractivity contribution in [1.82, 2.24) is 0 Å². The third kappa shape index (κ3) is 1.27. The first-order valence-corrected chi connectivity index (χ1v) is 4.80. The molecule has 0 aromatic heterocycles. The van der Waals surface area contributed by atoms with Crippen LogP contribution in [0.2, 0.25) is 0 Å². The van der Waals surface area contributed by atoms with Gasteiger partial charge in [0.1, 0.15) is 0 Å². The van der Waals surface area contributed by atoms with Crippen LogP contribution in [0.25, 0.3) is 0 Å². The van der Waals surface area contributed by atoms with Crippen molar-refractivity contribution in [3.05, 3.63) is 0 Å². The minimum Gasteiger partial charge on any atom is -0.387 e. The van der Waals surface area contributed by atoms with Crippen LogP contribution in [0, 0.1) is 5.92 Å². The first kappa shape index (κ1) is 10.0. The summed E-state index contributed by atoms with van der Waals surface area (Å²) in [4.78, 5) is 0. The molecule has 0 saturated carbocycles. The monoisotopic (exact) mass is 172 g/mol. The Morgan fingerprint density at radius 2 is 2.08 bits per heavy atom. The van der Waals surface area contributed by atoms with Gasteiger partial charge >= 0.3 is 0 Å². The lowest BCUT2D eigenvalue weighted by Gasteiger charge is -2.39. The molecule has 0 aromatic rings. The van der Waals surface area contributed by atoms with E-state index in [9.17, 15) is 5.11 Å². The highest BCUT2D eigenvalue weighted by atomic mass is 16.5. The molecular weight excluding hydrogens is 152 g/mol. The molecule has 2 unspecified atom stereocenters. The van der Waals surface area contributed by atoms with Gasteiger partial charge in [-0.15, -0.1) is 0 Å². The first-order chi connectivity index (χ1) is 5.44. The van der Waals surface area contributed by atoms with Crippen molar-refractivity contribution < 1.29 is 9.84 Å². The lowest BCUT2D eigenvalue weighted by atomic mass is 9.75. The summed E-state index contributed by atoms with van der Waals surface area (Å²) in [6.07, 6.45) is 1.78. The van der Waals surface area contributed by atoms with Crippen molar-refractivity contribution in [2.75, 3.05) is 6.61 Å². The summed E-state index contributed by atoms with van der Waals surface area (Å²) in [5.74, 6) is 0.315. The minimum atomic E-state index is -0.623. The van der Waals surface area contributed by atoms with Gasteiger partial charge in [0.2, 0.25) is 0 Å². The van der Waals surface area contributed by atoms with E-state index in [0.717, 1.165) is 12.8 Å². The van der Waals surface area contributed by atoms with Crippen LogP contribution >= 0.6 is 0 Å². The van der Waals surface area contributed by atoms with Crippen LogP contribution in [0.15, 0.2) is 0 Å². The SMILES string of the molecule is CCC(C)C1(O)CCOC1(C)C. The summed E-state index contributed by atoms with van der Waals surface area (Å²) in [7, 11) is 0. The van der Waals surface area contributed by atoms with Crippen LogP contribution in [0.3, 0.4) is 0 Å². The first-order valence-electron chi connectivity index (χ1n) is 4.80. The molecule has 72 valence electrons. The van der Waals surface area contributed by atoms with Gasteiger partial charge in [0, 0.05) is 6.42 Å². The molecule has 0 spiro atoms. The highest BCUT2D eigenvalue weighted by Gasteiger charge is 2.51. The van der Waals surface area contributed by atoms with E-state index in [0.29, 0.717) is 12.5 Å². The zero-order valence-corrected chi connectivity index (χ0v) is 8.55. The lowest BCUT2D eigenvalue weighted by Crippen LogP contribution is -2.50. The molecule has 1 aliphatic rings. The second kappa shape index (κ2) is 3.00. The Morgan fingerprint density at radius 1 is 1.50 bits per heavy atom. The fourth-order valence-corrected chi connectivity index (χ4v) is 2.07. The maximum atomic E-state index is 10.4. The standard InChI is InChI=1S/C10H20O2/c1-5-8(2)10(11)6-7-12-9(10,3)4/h8,11H,5-7H2,1-4H3. The molecule has 0 amide bonds. The van der Waals surface area contributed by atoms with Gasteiger partial charge in [-0.05, 0) is 19.8 Å². The van der Waals surface area contributed by atoms with Crippen LogP contribution in [0.4, 0.5) is 0 Å². The Bertz CT molecular complexity index is 165. The van der Waals surface area contributed by atoms with Crippen LogP contribution in [-0.4, -0.2) is 22.9 Å². The molecular formula is C10H20O2. The van der Waals surface area contributed by atoms with E-state index in [4.69, 9.17) is 4.74 Å². The van der Waals surface area contributed by atoms with Gasteiger partial charge in [0.05, 0.1) is 17.8 Å². The van der Waals surface area contributed by atoms with Gasteiger partial charge in [-0.1, -0.05) is 20.3 Å². The maximum Gasteiger partial charge on any atom is 0.0977 e. The van der Waals surface area contributed by atoms with E-state index < -0.39 is 5.60 Å². The molecule has 1 fully saturated rings. The van der Waals surface area contributed by atoms with Crippen LogP contribution in [0.5, 0.6) is 0 Å². The Morgan fingerprint density at radius 3 is 2.42 bits per heavy atom. The van der Waals surface area contributed by atoms with Gasteiger partial charge < -0.3 is 9.84 Å². The topological polar surface area (TPSA) is 29.5 Å². The molecule has 1 heterocycles. The van der Waals surface area contributed by atoms with Gasteiger partial charge in [-0.2, -0.15) is 0 Å². The van der Waals surface area contributed by atoms with E-state index in [1.54, 1.807) is 0 Å². The van der Waals surface area contributed by atoms with Crippen molar-refractivity contribution in [2.24, 2.45) is 5.92 Å². The van der Waals surface area contributed by atoms with Crippen LogP contribution in [-0.2, 0) is 4.74 Å². The Balaban J connectivity index is 2.82. The number of rotatable bonds is 2. The van der Waals surface area contributed by atoms with Crippen molar-refractivity contribution in [3.8, 4) is 0 Å². The van der Waals surface area contributed by atoms with Gasteiger partial charge in [0.25, 0.3) is 0 Å². The fraction of sp³-hybridized carbons (Fsp3) is 1.00. The van der Waals surface area contributed by atoms with Crippen molar-refractivity contribution in [1.29, 1.82) is 0 Å². The number of hydrogen-bond acceptors (Lipinski definition) is 2. The Hall–Kier alpha value is -0.0800. The minimum absolute atomic E-state index is 0.315. The molecule has 0 bridgehead atoms. The summed E-state index contributed by atoms with van der Waals surface area (Å²) in [6, 6.07) is 0. The van der Waals surface area contributed by atoms with Crippen molar-refractivity contribution in [2.45, 2.75) is 51.7 Å². The van der Waals surface area contributed by atoms with E-state index in [2.05, 4.69) is 13.8 Å². The van der Waals surface area contributed by atoms with Gasteiger partial charge in [0.15, 0.2) is 0 Å². The molecule has 1 rings (SSSR count). The second-order valence-electron chi connectivity index (χ2n) is 4.34. The third-order valence-corrected chi connectivity index (χ3v) is 3.42. The second-order valence-corrected chi connectivity index (χ2v) is 4.34. The molecule has 0 aromatic carbocycles. The van der Waals surface area contributed by atoms with Crippen LogP contribution < -0.4 is 0 Å². The summed E-state index contributed by atoms with van der Waals surface area (Å²) in [6.45, 7) is 8.85. The van der Waals surface area contributed by atoms with Crippen LogP contribution in [0.1, 0.15) is 40.5 Å². The molecule has 2 atom stereocenters. The number of ether oxygens (including phenoxy) is 1. The summed E-state index contributed by atoms with van der Waals surface area (Å²) >= 11 is 0. The molecule has 1 N–H and O–H groups in total. The zero-order chi connectivity index (χ0) is 9.41. The summed E-state index contributed by atoms with van der Waals surface area (Å²) < 4.78 is 5.53. The Kier molecular flexibility index (Phi) is 2.50. The predicted octanol–water partition coefficient (Wildman–Crippen LogP) is 1.96. The molecule has 12 heavy (non-hydrogen) atoms. The average Bonchev–Trinajstić information content (AvgIpc) is 2.26. The maximum absolute atomic E-state index is 10.4. The van der Waals surface area contributed by atoms with E-state index in [-0.39, 0.29) is 5.60 Å². The quantitative estimate of drug-likeness (QED) is 0.690.